The first-order valence-corrected chi connectivity index (χ1v) is 3.07. The first-order valence-electron chi connectivity index (χ1n) is 2.69. The van der Waals surface area contributed by atoms with Gasteiger partial charge in [0.1, 0.15) is 0 Å². The zero-order valence-electron chi connectivity index (χ0n) is 5.04. The molecule has 0 unspecified atom stereocenters. The normalized spacial score (nSPS) is 9.30. The Morgan fingerprint density at radius 3 is 2.20 bits per heavy atom. The average Bonchev–Trinajstić information content (AvgIpc) is 1.88. The van der Waals surface area contributed by atoms with Gasteiger partial charge in [-0.05, 0) is 24.3 Å². The Morgan fingerprint density at radius 1 is 1.30 bits per heavy atom. The van der Waals surface area contributed by atoms with Gasteiger partial charge in [-0.1, -0.05) is 11.6 Å². The maximum absolute atomic E-state index is 10.3. The predicted octanol–water partition coefficient (Wildman–Crippen LogP) is 2.04. The molecule has 0 atom stereocenters. The minimum absolute atomic E-state index is 0.254. The molecule has 0 fully saturated rings. The van der Waals surface area contributed by atoms with Crippen LogP contribution in [0.5, 0.6) is 0 Å². The zero-order chi connectivity index (χ0) is 7.56. The van der Waals surface area contributed by atoms with Gasteiger partial charge in [0.2, 0.25) is 0 Å². The highest BCUT2D eigenvalue weighted by Crippen LogP contribution is 2.08. The fourth-order valence-corrected chi connectivity index (χ4v) is 0.718. The third-order valence-electron chi connectivity index (χ3n) is 1.09. The summed E-state index contributed by atoms with van der Waals surface area (Å²) in [7, 11) is 0. The average molecular weight is 158 g/mol. The first kappa shape index (κ1) is 7.09. The predicted molar refractivity (Wildman–Crippen MR) is 38.4 cm³/mol. The number of hydrogen-bond donors (Lipinski definition) is 1. The first-order chi connectivity index (χ1) is 4.70. The minimum Gasteiger partial charge on any atom is -0.478 e. The third-order valence-corrected chi connectivity index (χ3v) is 1.34. The number of carbonyl (C=O) groups is 1. The topological polar surface area (TPSA) is 37.3 Å². The summed E-state index contributed by atoms with van der Waals surface area (Å²) in [4.78, 5) is 10.3. The molecule has 0 aliphatic heterocycles. The number of rotatable bonds is 1. The smallest absolute Gasteiger partial charge is 0.335 e. The van der Waals surface area contributed by atoms with Gasteiger partial charge in [-0.2, -0.15) is 0 Å². The number of aromatic carboxylic acids is 1. The van der Waals surface area contributed by atoms with Crippen molar-refractivity contribution in [2.24, 2.45) is 0 Å². The fourth-order valence-electron chi connectivity index (χ4n) is 0.592. The quantitative estimate of drug-likeness (QED) is 0.634. The van der Waals surface area contributed by atoms with Crippen LogP contribution in [0.2, 0.25) is 5.02 Å². The van der Waals surface area contributed by atoms with Gasteiger partial charge in [-0.25, -0.2) is 4.79 Å². The summed E-state index contributed by atoms with van der Waals surface area (Å²) in [6.07, 6.45) is 0. The van der Waals surface area contributed by atoms with Crippen LogP contribution >= 0.6 is 11.6 Å². The molecule has 0 aromatic heterocycles. The summed E-state index contributed by atoms with van der Waals surface area (Å²) in [5, 5.41) is 8.98. The van der Waals surface area contributed by atoms with E-state index in [4.69, 9.17) is 16.7 Å². The van der Waals surface area contributed by atoms with Crippen molar-refractivity contribution in [1.82, 2.24) is 0 Å². The largest absolute Gasteiger partial charge is 0.478 e. The Bertz CT molecular complexity index is 240. The molecule has 0 radical (unpaired) electrons. The third kappa shape index (κ3) is 1.48. The van der Waals surface area contributed by atoms with Crippen molar-refractivity contribution in [3.05, 3.63) is 34.9 Å². The standard InChI is InChI=1S/C7H5ClO2/c8-6-3-1-5(2-4-6)7(9)10/h1-4H,(H,9,10)/i7+1. The van der Waals surface area contributed by atoms with Crippen LogP contribution in [0.3, 0.4) is 0 Å². The van der Waals surface area contributed by atoms with Crippen LogP contribution < -0.4 is 0 Å². The molecule has 3 heteroatoms. The molecular weight excluding hydrogens is 153 g/mol. The molecule has 0 heterocycles. The van der Waals surface area contributed by atoms with E-state index in [0.29, 0.717) is 5.02 Å². The molecule has 0 spiro atoms. The van der Waals surface area contributed by atoms with E-state index in [0.717, 1.165) is 0 Å². The van der Waals surface area contributed by atoms with Gasteiger partial charge in [-0.3, -0.25) is 0 Å². The number of carboxylic acids is 1. The Kier molecular flexibility index (Phi) is 1.92. The van der Waals surface area contributed by atoms with Crippen molar-refractivity contribution in [3.8, 4) is 0 Å². The van der Waals surface area contributed by atoms with Crippen molar-refractivity contribution < 1.29 is 9.90 Å². The van der Waals surface area contributed by atoms with E-state index >= 15 is 0 Å². The Hall–Kier alpha value is -1.02. The van der Waals surface area contributed by atoms with Gasteiger partial charge < -0.3 is 5.11 Å². The summed E-state index contributed by atoms with van der Waals surface area (Å²) < 4.78 is 0. The highest BCUT2D eigenvalue weighted by Gasteiger charge is 1.99. The van der Waals surface area contributed by atoms with Crippen molar-refractivity contribution >= 4 is 17.6 Å². The van der Waals surface area contributed by atoms with Crippen LogP contribution in [0.4, 0.5) is 0 Å². The lowest BCUT2D eigenvalue weighted by molar-refractivity contribution is 0.0697. The number of halogens is 1. The lowest BCUT2D eigenvalue weighted by Crippen LogP contribution is -1.94. The Labute approximate surface area is 63.1 Å². The maximum Gasteiger partial charge on any atom is 0.335 e. The molecule has 0 amide bonds. The van der Waals surface area contributed by atoms with Crippen LogP contribution in [0.25, 0.3) is 0 Å². The summed E-state index contributed by atoms with van der Waals surface area (Å²) in [6, 6.07) is 6.02. The van der Waals surface area contributed by atoms with Crippen LogP contribution in [-0.4, -0.2) is 11.1 Å². The molecule has 0 bridgehead atoms. The maximum atomic E-state index is 10.3. The van der Waals surface area contributed by atoms with Gasteiger partial charge in [0.15, 0.2) is 0 Å². The highest BCUT2D eigenvalue weighted by molar-refractivity contribution is 6.30. The SMILES string of the molecule is O=[13C](O)c1ccc(Cl)cc1. The van der Waals surface area contributed by atoms with E-state index in [1.165, 1.54) is 12.1 Å². The fraction of sp³-hybridized carbons (Fsp3) is 0. The van der Waals surface area contributed by atoms with Crippen LogP contribution in [0.1, 0.15) is 10.4 Å². The molecule has 0 saturated carbocycles. The van der Waals surface area contributed by atoms with Crippen molar-refractivity contribution in [3.63, 3.8) is 0 Å². The lowest BCUT2D eigenvalue weighted by Gasteiger charge is -1.91. The number of hydrogen-bond acceptors (Lipinski definition) is 1. The minimum atomic E-state index is -0.934. The molecule has 0 saturated heterocycles. The second-order valence-electron chi connectivity index (χ2n) is 1.81. The van der Waals surface area contributed by atoms with Crippen LogP contribution in [0, 0.1) is 0 Å². The molecule has 52 valence electrons. The summed E-state index contributed by atoms with van der Waals surface area (Å²) in [6.45, 7) is 0. The summed E-state index contributed by atoms with van der Waals surface area (Å²) in [5.41, 5.74) is 0.254. The lowest BCUT2D eigenvalue weighted by atomic mass is 10.3. The van der Waals surface area contributed by atoms with Crippen molar-refractivity contribution in [1.29, 1.82) is 0 Å². The second kappa shape index (κ2) is 2.71. The molecule has 0 aliphatic rings. The van der Waals surface area contributed by atoms with Crippen molar-refractivity contribution in [2.75, 3.05) is 0 Å². The van der Waals surface area contributed by atoms with Gasteiger partial charge in [0.25, 0.3) is 0 Å². The number of benzene rings is 1. The van der Waals surface area contributed by atoms with Gasteiger partial charge in [0.05, 0.1) is 5.56 Å². The van der Waals surface area contributed by atoms with E-state index < -0.39 is 5.97 Å². The molecule has 2 nitrogen and oxygen atoms in total. The van der Waals surface area contributed by atoms with Gasteiger partial charge in [-0.15, -0.1) is 0 Å². The van der Waals surface area contributed by atoms with E-state index in [2.05, 4.69) is 0 Å². The monoisotopic (exact) mass is 157 g/mol. The molecule has 1 aromatic carbocycles. The molecule has 1 rings (SSSR count). The zero-order valence-corrected chi connectivity index (χ0v) is 5.80. The van der Waals surface area contributed by atoms with E-state index in [1.807, 2.05) is 0 Å². The van der Waals surface area contributed by atoms with Gasteiger partial charge >= 0.3 is 5.97 Å². The van der Waals surface area contributed by atoms with E-state index in [9.17, 15) is 4.79 Å². The molecule has 10 heavy (non-hydrogen) atoms. The molecule has 0 aliphatic carbocycles. The van der Waals surface area contributed by atoms with Crippen LogP contribution in [0.15, 0.2) is 24.3 Å². The highest BCUT2D eigenvalue weighted by atomic mass is 35.5. The Balaban J connectivity index is 3.00. The molecule has 1 aromatic rings. The second-order valence-corrected chi connectivity index (χ2v) is 2.25. The van der Waals surface area contributed by atoms with Crippen molar-refractivity contribution in [2.45, 2.75) is 0 Å². The van der Waals surface area contributed by atoms with Crippen LogP contribution in [-0.2, 0) is 0 Å². The Morgan fingerprint density at radius 2 is 1.80 bits per heavy atom. The summed E-state index contributed by atoms with van der Waals surface area (Å²) in [5.74, 6) is -0.934. The van der Waals surface area contributed by atoms with E-state index in [1.54, 1.807) is 12.1 Å². The molecular formula is C7H5ClO2. The molecule has 1 N–H and O–H groups in total. The van der Waals surface area contributed by atoms with E-state index in [-0.39, 0.29) is 5.56 Å². The number of carboxylic acid groups (broad SMARTS) is 1. The van der Waals surface area contributed by atoms with Gasteiger partial charge in [0, 0.05) is 5.02 Å². The summed E-state index contributed by atoms with van der Waals surface area (Å²) >= 11 is 5.52.